The van der Waals surface area contributed by atoms with E-state index in [4.69, 9.17) is 14.5 Å². The molecule has 0 bridgehead atoms. The molecule has 1 aromatic rings. The molecule has 5 heteroatoms. The van der Waals surface area contributed by atoms with Gasteiger partial charge in [-0.05, 0) is 38.3 Å². The van der Waals surface area contributed by atoms with Gasteiger partial charge in [0.15, 0.2) is 11.5 Å². The molecule has 0 unspecified atom stereocenters. The van der Waals surface area contributed by atoms with Crippen LogP contribution in [-0.4, -0.2) is 31.5 Å². The Bertz CT molecular complexity index is 660. The van der Waals surface area contributed by atoms with Gasteiger partial charge in [-0.25, -0.2) is 0 Å². The van der Waals surface area contributed by atoms with Gasteiger partial charge in [0.05, 0.1) is 19.9 Å². The van der Waals surface area contributed by atoms with Crippen molar-refractivity contribution in [1.82, 2.24) is 0 Å². The third-order valence-corrected chi connectivity index (χ3v) is 4.92. The number of carbonyl (C=O) groups excluding carboxylic acids is 1. The van der Waals surface area contributed by atoms with Crippen molar-refractivity contribution in [3.05, 3.63) is 17.7 Å². The third kappa shape index (κ3) is 2.48. The Morgan fingerprint density at radius 1 is 1.04 bits per heavy atom. The van der Waals surface area contributed by atoms with Gasteiger partial charge in [0.1, 0.15) is 11.4 Å². The summed E-state index contributed by atoms with van der Waals surface area (Å²) in [5, 5.41) is 0. The summed E-state index contributed by atoms with van der Waals surface area (Å²) in [5.74, 6) is 2.16. The van der Waals surface area contributed by atoms with Crippen LogP contribution in [0.15, 0.2) is 17.1 Å². The summed E-state index contributed by atoms with van der Waals surface area (Å²) >= 11 is 0. The Morgan fingerprint density at radius 2 is 1.65 bits per heavy atom. The first kappa shape index (κ1) is 15.8. The summed E-state index contributed by atoms with van der Waals surface area (Å²) in [7, 11) is 3.22. The van der Waals surface area contributed by atoms with Crippen molar-refractivity contribution < 1.29 is 14.3 Å². The van der Waals surface area contributed by atoms with Crippen molar-refractivity contribution >= 4 is 17.4 Å². The molecule has 2 aliphatic rings. The summed E-state index contributed by atoms with van der Waals surface area (Å²) in [5.41, 5.74) is 1.26. The summed E-state index contributed by atoms with van der Waals surface area (Å²) in [6.45, 7) is 3.89. The maximum absolute atomic E-state index is 13.1. The first-order chi connectivity index (χ1) is 11.0. The quantitative estimate of drug-likeness (QED) is 0.858. The summed E-state index contributed by atoms with van der Waals surface area (Å²) in [4.78, 5) is 19.7. The van der Waals surface area contributed by atoms with Crippen LogP contribution in [-0.2, 0) is 4.79 Å². The van der Waals surface area contributed by atoms with Crippen LogP contribution in [0.2, 0.25) is 0 Å². The minimum Gasteiger partial charge on any atom is -0.493 e. The van der Waals surface area contributed by atoms with E-state index in [0.717, 1.165) is 42.8 Å². The molecule has 1 spiro atoms. The van der Waals surface area contributed by atoms with E-state index in [2.05, 4.69) is 0 Å². The molecule has 1 heterocycles. The van der Waals surface area contributed by atoms with Gasteiger partial charge in [-0.15, -0.1) is 0 Å². The molecule has 0 N–H and O–H groups in total. The van der Waals surface area contributed by atoms with E-state index in [1.54, 1.807) is 19.1 Å². The lowest BCUT2D eigenvalue weighted by molar-refractivity contribution is -0.122. The van der Waals surface area contributed by atoms with Crippen LogP contribution < -0.4 is 14.4 Å². The highest BCUT2D eigenvalue weighted by Gasteiger charge is 2.48. The SMILES string of the molecule is COc1cc(C)c(N2C(=O)C3(CCCCC3)N=C2C)cc1OC. The van der Waals surface area contributed by atoms with Gasteiger partial charge in [0, 0.05) is 6.07 Å². The molecule has 23 heavy (non-hydrogen) atoms. The van der Waals surface area contributed by atoms with E-state index >= 15 is 0 Å². The molecular formula is C18H24N2O3. The Morgan fingerprint density at radius 3 is 2.26 bits per heavy atom. The number of anilines is 1. The number of ether oxygens (including phenoxy) is 2. The second-order valence-corrected chi connectivity index (χ2v) is 6.39. The monoisotopic (exact) mass is 316 g/mol. The molecule has 1 saturated carbocycles. The second kappa shape index (κ2) is 5.87. The Hall–Kier alpha value is -2.04. The van der Waals surface area contributed by atoms with Gasteiger partial charge in [0.25, 0.3) is 5.91 Å². The maximum atomic E-state index is 13.1. The highest BCUT2D eigenvalue weighted by Crippen LogP contribution is 2.42. The molecule has 0 atom stereocenters. The van der Waals surface area contributed by atoms with Crippen molar-refractivity contribution in [1.29, 1.82) is 0 Å². The molecule has 1 amide bonds. The van der Waals surface area contributed by atoms with Crippen molar-refractivity contribution in [2.24, 2.45) is 4.99 Å². The fourth-order valence-corrected chi connectivity index (χ4v) is 3.72. The number of carbonyl (C=O) groups is 1. The first-order valence-electron chi connectivity index (χ1n) is 8.16. The molecule has 5 nitrogen and oxygen atoms in total. The van der Waals surface area contributed by atoms with Gasteiger partial charge in [-0.2, -0.15) is 0 Å². The zero-order chi connectivity index (χ0) is 16.6. The number of amides is 1. The van der Waals surface area contributed by atoms with E-state index < -0.39 is 5.54 Å². The predicted molar refractivity (Wildman–Crippen MR) is 90.7 cm³/mol. The maximum Gasteiger partial charge on any atom is 0.260 e. The van der Waals surface area contributed by atoms with Crippen LogP contribution >= 0.6 is 0 Å². The van der Waals surface area contributed by atoms with Gasteiger partial charge < -0.3 is 9.47 Å². The first-order valence-corrected chi connectivity index (χ1v) is 8.16. The Balaban J connectivity index is 2.02. The van der Waals surface area contributed by atoms with Crippen LogP contribution in [0.4, 0.5) is 5.69 Å². The lowest BCUT2D eigenvalue weighted by atomic mass is 9.82. The summed E-state index contributed by atoms with van der Waals surface area (Å²) in [6.07, 6.45) is 5.04. The highest BCUT2D eigenvalue weighted by atomic mass is 16.5. The lowest BCUT2D eigenvalue weighted by Gasteiger charge is -2.30. The number of aliphatic imine (C=N–C) groups is 1. The molecule has 0 saturated heterocycles. The molecule has 124 valence electrons. The molecule has 1 fully saturated rings. The summed E-state index contributed by atoms with van der Waals surface area (Å²) in [6, 6.07) is 3.77. The summed E-state index contributed by atoms with van der Waals surface area (Å²) < 4.78 is 10.7. The van der Waals surface area contributed by atoms with Crippen molar-refractivity contribution in [2.45, 2.75) is 51.5 Å². The Kier molecular flexibility index (Phi) is 4.04. The highest BCUT2D eigenvalue weighted by molar-refractivity contribution is 6.24. The van der Waals surface area contributed by atoms with Crippen LogP contribution in [0.25, 0.3) is 0 Å². The number of methoxy groups -OCH3 is 2. The zero-order valence-electron chi connectivity index (χ0n) is 14.3. The lowest BCUT2D eigenvalue weighted by Crippen LogP contribution is -2.44. The molecule has 1 aromatic carbocycles. The molecular weight excluding hydrogens is 292 g/mol. The van der Waals surface area contributed by atoms with Gasteiger partial charge in [-0.1, -0.05) is 19.3 Å². The number of nitrogens with zero attached hydrogens (tertiary/aromatic N) is 2. The number of rotatable bonds is 3. The minimum absolute atomic E-state index is 0.102. The van der Waals surface area contributed by atoms with Crippen LogP contribution in [0.5, 0.6) is 11.5 Å². The van der Waals surface area contributed by atoms with E-state index in [1.807, 2.05) is 26.0 Å². The van der Waals surface area contributed by atoms with E-state index in [1.165, 1.54) is 6.42 Å². The number of aryl methyl sites for hydroxylation is 1. The average Bonchev–Trinajstić information content (AvgIpc) is 2.78. The average molecular weight is 316 g/mol. The predicted octanol–water partition coefficient (Wildman–Crippen LogP) is 3.48. The normalized spacial score (nSPS) is 19.9. The van der Waals surface area contributed by atoms with Crippen molar-refractivity contribution in [2.75, 3.05) is 19.1 Å². The molecule has 0 aromatic heterocycles. The van der Waals surface area contributed by atoms with E-state index in [9.17, 15) is 4.79 Å². The van der Waals surface area contributed by atoms with Crippen molar-refractivity contribution in [3.63, 3.8) is 0 Å². The van der Waals surface area contributed by atoms with Crippen LogP contribution in [0.1, 0.15) is 44.6 Å². The second-order valence-electron chi connectivity index (χ2n) is 6.39. The van der Waals surface area contributed by atoms with Gasteiger partial charge in [0.2, 0.25) is 0 Å². The fourth-order valence-electron chi connectivity index (χ4n) is 3.72. The standard InChI is InChI=1S/C18H24N2O3/c1-12-10-15(22-3)16(23-4)11-14(12)20-13(2)19-18(17(20)21)8-6-5-7-9-18/h10-11H,5-9H2,1-4H3. The largest absolute Gasteiger partial charge is 0.493 e. The van der Waals surface area contributed by atoms with Crippen LogP contribution in [0.3, 0.4) is 0 Å². The Labute approximate surface area is 137 Å². The number of hydrogen-bond acceptors (Lipinski definition) is 4. The third-order valence-electron chi connectivity index (χ3n) is 4.92. The number of amidine groups is 1. The van der Waals surface area contributed by atoms with Crippen molar-refractivity contribution in [3.8, 4) is 11.5 Å². The van der Waals surface area contributed by atoms with Gasteiger partial charge in [-0.3, -0.25) is 14.7 Å². The minimum atomic E-state index is -0.540. The van der Waals surface area contributed by atoms with Gasteiger partial charge >= 0.3 is 0 Å². The molecule has 1 aliphatic carbocycles. The number of benzene rings is 1. The fraction of sp³-hybridized carbons (Fsp3) is 0.556. The van der Waals surface area contributed by atoms with E-state index in [0.29, 0.717) is 11.5 Å². The molecule has 1 aliphatic heterocycles. The zero-order valence-corrected chi connectivity index (χ0v) is 14.3. The van der Waals surface area contributed by atoms with Crippen LogP contribution in [0, 0.1) is 6.92 Å². The number of hydrogen-bond donors (Lipinski definition) is 0. The molecule has 3 rings (SSSR count). The van der Waals surface area contributed by atoms with E-state index in [-0.39, 0.29) is 5.91 Å². The topological polar surface area (TPSA) is 51.1 Å². The molecule has 0 radical (unpaired) electrons. The smallest absolute Gasteiger partial charge is 0.260 e.